The number of benzene rings is 1. The number of oxime groups is 1. The van der Waals surface area contributed by atoms with E-state index in [0.29, 0.717) is 29.2 Å². The molecule has 9 nitrogen and oxygen atoms in total. The summed E-state index contributed by atoms with van der Waals surface area (Å²) >= 11 is 6.26. The van der Waals surface area contributed by atoms with Crippen LogP contribution in [0, 0.1) is 20.8 Å². The predicted molar refractivity (Wildman–Crippen MR) is 130 cm³/mol. The van der Waals surface area contributed by atoms with Crippen molar-refractivity contribution in [3.8, 4) is 0 Å². The van der Waals surface area contributed by atoms with Crippen LogP contribution in [0.4, 0.5) is 23.3 Å². The van der Waals surface area contributed by atoms with Gasteiger partial charge in [0.15, 0.2) is 11.6 Å². The van der Waals surface area contributed by atoms with Crippen molar-refractivity contribution in [2.75, 3.05) is 37.9 Å². The average molecular weight is 457 g/mol. The van der Waals surface area contributed by atoms with Crippen molar-refractivity contribution in [1.82, 2.24) is 25.1 Å². The number of nitrogens with one attached hydrogen (secondary N) is 3. The molecule has 32 heavy (non-hydrogen) atoms. The summed E-state index contributed by atoms with van der Waals surface area (Å²) in [5.74, 6) is 1.53. The molecule has 0 bridgehead atoms. The molecule has 3 rings (SSSR count). The zero-order valence-electron chi connectivity index (χ0n) is 19.2. The van der Waals surface area contributed by atoms with Gasteiger partial charge in [-0.15, -0.1) is 0 Å². The van der Waals surface area contributed by atoms with E-state index in [1.54, 1.807) is 6.20 Å². The first-order valence-corrected chi connectivity index (χ1v) is 10.6. The molecule has 170 valence electrons. The van der Waals surface area contributed by atoms with Crippen molar-refractivity contribution < 1.29 is 4.84 Å². The summed E-state index contributed by atoms with van der Waals surface area (Å²) < 4.78 is 0. The number of rotatable bonds is 9. The Morgan fingerprint density at radius 1 is 1.16 bits per heavy atom. The van der Waals surface area contributed by atoms with Gasteiger partial charge in [-0.25, -0.2) is 4.98 Å². The van der Waals surface area contributed by atoms with Crippen LogP contribution in [0.15, 0.2) is 29.6 Å². The van der Waals surface area contributed by atoms with Gasteiger partial charge in [-0.1, -0.05) is 16.8 Å². The van der Waals surface area contributed by atoms with Crippen molar-refractivity contribution in [2.45, 2.75) is 27.7 Å². The van der Waals surface area contributed by atoms with Crippen LogP contribution in [-0.2, 0) is 4.84 Å². The molecule has 0 aliphatic carbocycles. The smallest absolute Gasteiger partial charge is 0.229 e. The van der Waals surface area contributed by atoms with Gasteiger partial charge in [-0.2, -0.15) is 10.1 Å². The zero-order valence-corrected chi connectivity index (χ0v) is 20.0. The minimum atomic E-state index is 0.403. The summed E-state index contributed by atoms with van der Waals surface area (Å²) in [6.07, 6.45) is 1.55. The minimum Gasteiger partial charge on any atom is -0.394 e. The van der Waals surface area contributed by atoms with Crippen LogP contribution in [-0.4, -0.2) is 58.0 Å². The summed E-state index contributed by atoms with van der Waals surface area (Å²) in [6.45, 7) is 9.28. The number of aryl methyl sites for hydroxylation is 3. The van der Waals surface area contributed by atoms with Crippen LogP contribution in [0.25, 0.3) is 0 Å². The Bertz CT molecular complexity index is 1110. The first kappa shape index (κ1) is 23.5. The van der Waals surface area contributed by atoms with Gasteiger partial charge in [0.05, 0.1) is 11.9 Å². The Morgan fingerprint density at radius 2 is 1.94 bits per heavy atom. The topological polar surface area (TPSA) is 103 Å². The van der Waals surface area contributed by atoms with Gasteiger partial charge in [0.2, 0.25) is 5.95 Å². The number of anilines is 4. The fourth-order valence-electron chi connectivity index (χ4n) is 2.99. The number of aromatic nitrogens is 4. The van der Waals surface area contributed by atoms with Crippen LogP contribution in [0.3, 0.4) is 0 Å². The molecule has 0 saturated carbocycles. The lowest BCUT2D eigenvalue weighted by atomic mass is 10.0. The molecule has 0 aliphatic heterocycles. The molecule has 0 fully saturated rings. The summed E-state index contributed by atoms with van der Waals surface area (Å²) in [7, 11) is 4.00. The van der Waals surface area contributed by atoms with Crippen LogP contribution >= 0.6 is 11.6 Å². The average Bonchev–Trinajstić information content (AvgIpc) is 3.14. The van der Waals surface area contributed by atoms with Gasteiger partial charge in [0, 0.05) is 29.6 Å². The second-order valence-electron chi connectivity index (χ2n) is 7.87. The summed E-state index contributed by atoms with van der Waals surface area (Å²) in [5, 5.41) is 18.1. The maximum Gasteiger partial charge on any atom is 0.229 e. The summed E-state index contributed by atoms with van der Waals surface area (Å²) in [6, 6.07) is 5.99. The van der Waals surface area contributed by atoms with E-state index < -0.39 is 0 Å². The summed E-state index contributed by atoms with van der Waals surface area (Å²) in [4.78, 5) is 16.3. The van der Waals surface area contributed by atoms with Crippen molar-refractivity contribution >= 4 is 40.6 Å². The minimum absolute atomic E-state index is 0.403. The maximum atomic E-state index is 6.26. The van der Waals surface area contributed by atoms with E-state index in [1.807, 2.05) is 53.9 Å². The molecular weight excluding hydrogens is 428 g/mol. The quantitative estimate of drug-likeness (QED) is 0.246. The summed E-state index contributed by atoms with van der Waals surface area (Å²) in [5.41, 5.74) is 5.80. The van der Waals surface area contributed by atoms with Crippen molar-refractivity contribution in [3.63, 3.8) is 0 Å². The van der Waals surface area contributed by atoms with Crippen LogP contribution in [0.2, 0.25) is 5.02 Å². The Kier molecular flexibility index (Phi) is 7.66. The molecule has 0 unspecified atom stereocenters. The van der Waals surface area contributed by atoms with Gasteiger partial charge >= 0.3 is 0 Å². The normalized spacial score (nSPS) is 11.7. The Balaban J connectivity index is 1.76. The second-order valence-corrected chi connectivity index (χ2v) is 8.28. The van der Waals surface area contributed by atoms with Crippen LogP contribution < -0.4 is 10.6 Å². The molecule has 3 aromatic rings. The van der Waals surface area contributed by atoms with E-state index in [4.69, 9.17) is 16.4 Å². The molecule has 0 saturated heterocycles. The first-order chi connectivity index (χ1) is 15.2. The lowest BCUT2D eigenvalue weighted by Crippen LogP contribution is -2.17. The highest BCUT2D eigenvalue weighted by Gasteiger charge is 2.11. The van der Waals surface area contributed by atoms with Crippen LogP contribution in [0.5, 0.6) is 0 Å². The van der Waals surface area contributed by atoms with E-state index in [2.05, 4.69) is 46.9 Å². The number of H-pyrrole nitrogens is 1. The Morgan fingerprint density at radius 3 is 2.62 bits per heavy atom. The van der Waals surface area contributed by atoms with E-state index in [-0.39, 0.29) is 0 Å². The molecule has 1 aromatic carbocycles. The zero-order chi connectivity index (χ0) is 23.3. The van der Waals surface area contributed by atoms with E-state index in [1.165, 1.54) is 0 Å². The lowest BCUT2D eigenvalue weighted by molar-refractivity contribution is 0.126. The molecule has 0 radical (unpaired) electrons. The SMILES string of the molecule is C/C(=N\OCCN(C)C)c1cc(C)c(Nc2ncc(Cl)c(Nc3cc(C)[nH]n3)n2)cc1C. The van der Waals surface area contributed by atoms with E-state index in [0.717, 1.165) is 40.3 Å². The number of hydrogen-bond donors (Lipinski definition) is 3. The number of likely N-dealkylation sites (N-methyl/N-ethyl adjacent to an activating group) is 1. The number of nitrogens with zero attached hydrogens (tertiary/aromatic N) is 5. The predicted octanol–water partition coefficient (Wildman–Crippen LogP) is 4.57. The van der Waals surface area contributed by atoms with Crippen molar-refractivity contribution in [3.05, 3.63) is 51.8 Å². The van der Waals surface area contributed by atoms with Crippen molar-refractivity contribution in [1.29, 1.82) is 0 Å². The number of halogens is 1. The van der Waals surface area contributed by atoms with Crippen LogP contribution in [0.1, 0.15) is 29.3 Å². The van der Waals surface area contributed by atoms with E-state index >= 15 is 0 Å². The third kappa shape index (κ3) is 6.18. The molecule has 3 N–H and O–H groups in total. The number of aromatic amines is 1. The highest BCUT2D eigenvalue weighted by molar-refractivity contribution is 6.32. The second kappa shape index (κ2) is 10.4. The molecule has 2 heterocycles. The third-order valence-electron chi connectivity index (χ3n) is 4.74. The van der Waals surface area contributed by atoms with Gasteiger partial charge in [-0.05, 0) is 65.0 Å². The van der Waals surface area contributed by atoms with Gasteiger partial charge in [0.25, 0.3) is 0 Å². The van der Waals surface area contributed by atoms with Gasteiger partial charge < -0.3 is 20.4 Å². The molecule has 0 atom stereocenters. The molecule has 0 aliphatic rings. The van der Waals surface area contributed by atoms with Crippen molar-refractivity contribution in [2.24, 2.45) is 5.16 Å². The van der Waals surface area contributed by atoms with E-state index in [9.17, 15) is 0 Å². The first-order valence-electron chi connectivity index (χ1n) is 10.2. The molecular formula is C22H29ClN8O. The standard InChI is InChI=1S/C22H29ClN8O/c1-13-10-19(14(2)9-17(13)16(4)30-32-8-7-31(5)6)25-22-24-12-18(23)21(27-22)26-20-11-15(3)28-29-20/h9-12H,7-8H2,1-6H3,(H3,24,25,26,27,28,29)/b30-16+. The highest BCUT2D eigenvalue weighted by atomic mass is 35.5. The maximum absolute atomic E-state index is 6.26. The Labute approximate surface area is 193 Å². The van der Waals surface area contributed by atoms with Gasteiger partial charge in [0.1, 0.15) is 11.6 Å². The fraction of sp³-hybridized carbons (Fsp3) is 0.364. The fourth-order valence-corrected chi connectivity index (χ4v) is 3.13. The molecule has 2 aromatic heterocycles. The molecule has 0 amide bonds. The molecule has 10 heteroatoms. The monoisotopic (exact) mass is 456 g/mol. The van der Waals surface area contributed by atoms with Gasteiger partial charge in [-0.3, -0.25) is 5.10 Å². The Hall–Kier alpha value is -3.17. The lowest BCUT2D eigenvalue weighted by Gasteiger charge is -2.14. The third-order valence-corrected chi connectivity index (χ3v) is 5.01. The number of hydrogen-bond acceptors (Lipinski definition) is 8. The molecule has 0 spiro atoms. The highest BCUT2D eigenvalue weighted by Crippen LogP contribution is 2.27. The largest absolute Gasteiger partial charge is 0.394 e.